The largest absolute Gasteiger partial charge is 0.0654 e. The van der Waals surface area contributed by atoms with Crippen LogP contribution < -0.4 is 0 Å². The van der Waals surface area contributed by atoms with E-state index >= 15 is 0 Å². The molecule has 0 aromatic carbocycles. The molecule has 4 unspecified atom stereocenters. The van der Waals surface area contributed by atoms with Crippen LogP contribution >= 0.6 is 0 Å². The molecular weight excluding hydrogens is 528 g/mol. The molecule has 266 valence electrons. The molecular formula is C44H90. The van der Waals surface area contributed by atoms with E-state index in [-0.39, 0.29) is 0 Å². The van der Waals surface area contributed by atoms with E-state index in [4.69, 9.17) is 0 Å². The van der Waals surface area contributed by atoms with Crippen LogP contribution in [0.2, 0.25) is 0 Å². The molecule has 0 rings (SSSR count). The van der Waals surface area contributed by atoms with Crippen molar-refractivity contribution in [2.24, 2.45) is 23.7 Å². The van der Waals surface area contributed by atoms with E-state index in [1.165, 1.54) is 218 Å². The van der Waals surface area contributed by atoms with Gasteiger partial charge in [-0.05, 0) is 23.7 Å². The van der Waals surface area contributed by atoms with Crippen molar-refractivity contribution in [1.82, 2.24) is 0 Å². The molecule has 0 aromatic rings. The van der Waals surface area contributed by atoms with Crippen LogP contribution in [0.3, 0.4) is 0 Å². The van der Waals surface area contributed by atoms with Gasteiger partial charge in [-0.15, -0.1) is 0 Å². The molecule has 0 heterocycles. The van der Waals surface area contributed by atoms with Crippen LogP contribution in [-0.2, 0) is 0 Å². The normalized spacial score (nSPS) is 14.6. The van der Waals surface area contributed by atoms with Gasteiger partial charge in [0.1, 0.15) is 0 Å². The summed E-state index contributed by atoms with van der Waals surface area (Å²) in [6.07, 6.45) is 49.9. The van der Waals surface area contributed by atoms with Gasteiger partial charge < -0.3 is 0 Å². The lowest BCUT2D eigenvalue weighted by atomic mass is 9.89. The van der Waals surface area contributed by atoms with Gasteiger partial charge in [0.15, 0.2) is 0 Å². The van der Waals surface area contributed by atoms with Gasteiger partial charge in [-0.2, -0.15) is 0 Å². The molecule has 0 heteroatoms. The van der Waals surface area contributed by atoms with Crippen molar-refractivity contribution >= 4 is 0 Å². The predicted molar refractivity (Wildman–Crippen MR) is 205 cm³/mol. The first-order valence-corrected chi connectivity index (χ1v) is 21.5. The summed E-state index contributed by atoms with van der Waals surface area (Å²) in [5.41, 5.74) is 0. The Labute approximate surface area is 282 Å². The van der Waals surface area contributed by atoms with Gasteiger partial charge >= 0.3 is 0 Å². The minimum absolute atomic E-state index is 0.938. The minimum atomic E-state index is 0.938. The maximum atomic E-state index is 2.52. The third kappa shape index (κ3) is 34.9. The Morgan fingerprint density at radius 1 is 0.205 bits per heavy atom. The van der Waals surface area contributed by atoms with E-state index in [0.29, 0.717) is 0 Å². The molecule has 0 radical (unpaired) electrons. The molecule has 0 saturated carbocycles. The van der Waals surface area contributed by atoms with Crippen molar-refractivity contribution in [2.75, 3.05) is 0 Å². The molecule has 0 spiro atoms. The fraction of sp³-hybridized carbons (Fsp3) is 1.00. The molecule has 4 atom stereocenters. The second-order valence-corrected chi connectivity index (χ2v) is 16.2. The van der Waals surface area contributed by atoms with E-state index in [2.05, 4.69) is 41.5 Å². The van der Waals surface area contributed by atoms with E-state index in [1.807, 2.05) is 0 Å². The van der Waals surface area contributed by atoms with Crippen LogP contribution in [0, 0.1) is 23.7 Å². The Kier molecular flexibility index (Phi) is 35.8. The molecule has 0 bridgehead atoms. The molecule has 0 aromatic heterocycles. The highest BCUT2D eigenvalue weighted by atomic mass is 14.2. The fourth-order valence-electron chi connectivity index (χ4n) is 7.51. The van der Waals surface area contributed by atoms with E-state index in [0.717, 1.165) is 23.7 Å². The van der Waals surface area contributed by atoms with Crippen LogP contribution in [0.15, 0.2) is 0 Å². The number of hydrogen-bond acceptors (Lipinski definition) is 0. The van der Waals surface area contributed by atoms with Crippen LogP contribution in [0.4, 0.5) is 0 Å². The van der Waals surface area contributed by atoms with Gasteiger partial charge in [-0.25, -0.2) is 0 Å². The maximum Gasteiger partial charge on any atom is -0.0443 e. The Morgan fingerprint density at radius 2 is 0.364 bits per heavy atom. The summed E-state index contributed by atoms with van der Waals surface area (Å²) in [5, 5.41) is 0. The zero-order valence-corrected chi connectivity index (χ0v) is 32.4. The van der Waals surface area contributed by atoms with Gasteiger partial charge in [0.2, 0.25) is 0 Å². The first-order chi connectivity index (χ1) is 21.5. The fourth-order valence-corrected chi connectivity index (χ4v) is 7.51. The van der Waals surface area contributed by atoms with E-state index < -0.39 is 0 Å². The van der Waals surface area contributed by atoms with Crippen molar-refractivity contribution in [2.45, 2.75) is 260 Å². The lowest BCUT2D eigenvalue weighted by molar-refractivity contribution is 0.365. The Balaban J connectivity index is 3.36. The Bertz CT molecular complexity index is 508. The summed E-state index contributed by atoms with van der Waals surface area (Å²) in [6, 6.07) is 0. The average Bonchev–Trinajstić information content (AvgIpc) is 3.00. The number of hydrogen-bond donors (Lipinski definition) is 0. The highest BCUT2D eigenvalue weighted by Gasteiger charge is 2.09. The molecule has 0 amide bonds. The lowest BCUT2D eigenvalue weighted by Crippen LogP contribution is -2.02. The zero-order valence-electron chi connectivity index (χ0n) is 32.4. The SMILES string of the molecule is CCCCCCCCCCCCCCCCCCCCCCC(C)CCCC(C)CCCC(C)CCCC(C)CCCCC. The van der Waals surface area contributed by atoms with Crippen LogP contribution in [0.25, 0.3) is 0 Å². The van der Waals surface area contributed by atoms with Gasteiger partial charge in [0, 0.05) is 0 Å². The number of unbranched alkanes of at least 4 members (excludes halogenated alkanes) is 21. The van der Waals surface area contributed by atoms with Gasteiger partial charge in [-0.3, -0.25) is 0 Å². The van der Waals surface area contributed by atoms with E-state index in [9.17, 15) is 0 Å². The van der Waals surface area contributed by atoms with Crippen molar-refractivity contribution in [3.63, 3.8) is 0 Å². The predicted octanol–water partition coefficient (Wildman–Crippen LogP) is 16.8. The zero-order chi connectivity index (χ0) is 32.4. The Hall–Kier alpha value is 0. The molecule has 44 heavy (non-hydrogen) atoms. The molecule has 0 nitrogen and oxygen atoms in total. The summed E-state index contributed by atoms with van der Waals surface area (Å²) < 4.78 is 0. The molecule has 0 aliphatic carbocycles. The second kappa shape index (κ2) is 35.8. The summed E-state index contributed by atoms with van der Waals surface area (Å²) in [6.45, 7) is 14.7. The monoisotopic (exact) mass is 619 g/mol. The Morgan fingerprint density at radius 3 is 0.614 bits per heavy atom. The molecule has 0 fully saturated rings. The third-order valence-corrected chi connectivity index (χ3v) is 11.0. The summed E-state index contributed by atoms with van der Waals surface area (Å²) in [4.78, 5) is 0. The van der Waals surface area contributed by atoms with Gasteiger partial charge in [0.25, 0.3) is 0 Å². The van der Waals surface area contributed by atoms with E-state index in [1.54, 1.807) is 0 Å². The second-order valence-electron chi connectivity index (χ2n) is 16.2. The van der Waals surface area contributed by atoms with Crippen molar-refractivity contribution < 1.29 is 0 Å². The van der Waals surface area contributed by atoms with Crippen LogP contribution in [0.1, 0.15) is 260 Å². The van der Waals surface area contributed by atoms with Gasteiger partial charge in [-0.1, -0.05) is 260 Å². The smallest absolute Gasteiger partial charge is 0.0443 e. The first kappa shape index (κ1) is 44.0. The standard InChI is InChI=1S/C44H90/c1-7-9-11-12-13-14-15-16-17-18-19-20-21-22-23-24-25-26-27-29-34-42(4)36-31-38-44(6)40-32-39-43(5)37-30-35-41(3)33-28-10-8-2/h41-44H,7-40H2,1-6H3. The lowest BCUT2D eigenvalue weighted by Gasteiger charge is -2.17. The quantitative estimate of drug-likeness (QED) is 0.0608. The molecule has 0 aliphatic rings. The van der Waals surface area contributed by atoms with Gasteiger partial charge in [0.05, 0.1) is 0 Å². The highest BCUT2D eigenvalue weighted by Crippen LogP contribution is 2.24. The van der Waals surface area contributed by atoms with Crippen molar-refractivity contribution in [3.8, 4) is 0 Å². The first-order valence-electron chi connectivity index (χ1n) is 21.5. The molecule has 0 aliphatic heterocycles. The van der Waals surface area contributed by atoms with Crippen molar-refractivity contribution in [1.29, 1.82) is 0 Å². The minimum Gasteiger partial charge on any atom is -0.0654 e. The van der Waals surface area contributed by atoms with Crippen LogP contribution in [0.5, 0.6) is 0 Å². The number of rotatable bonds is 37. The maximum absolute atomic E-state index is 2.52. The summed E-state index contributed by atoms with van der Waals surface area (Å²) in [5.74, 6) is 3.77. The van der Waals surface area contributed by atoms with Crippen molar-refractivity contribution in [3.05, 3.63) is 0 Å². The molecule has 0 N–H and O–H groups in total. The third-order valence-electron chi connectivity index (χ3n) is 11.0. The highest BCUT2D eigenvalue weighted by molar-refractivity contribution is 4.62. The van der Waals surface area contributed by atoms with Crippen LogP contribution in [-0.4, -0.2) is 0 Å². The topological polar surface area (TPSA) is 0 Å². The molecule has 0 saturated heterocycles. The average molecular weight is 619 g/mol. The summed E-state index contributed by atoms with van der Waals surface area (Å²) in [7, 11) is 0. The summed E-state index contributed by atoms with van der Waals surface area (Å²) >= 11 is 0.